The van der Waals surface area contributed by atoms with E-state index >= 15 is 0 Å². The number of urea groups is 1. The van der Waals surface area contributed by atoms with Crippen molar-refractivity contribution in [2.24, 2.45) is 0 Å². The Morgan fingerprint density at radius 3 is 2.67 bits per heavy atom. The summed E-state index contributed by atoms with van der Waals surface area (Å²) in [5, 5.41) is 5.50. The van der Waals surface area contributed by atoms with Crippen LogP contribution in [0.15, 0.2) is 36.4 Å². The summed E-state index contributed by atoms with van der Waals surface area (Å²) in [6.45, 7) is 2.22. The summed E-state index contributed by atoms with van der Waals surface area (Å²) in [4.78, 5) is 30.4. The lowest BCUT2D eigenvalue weighted by atomic mass is 10.2. The summed E-state index contributed by atoms with van der Waals surface area (Å²) < 4.78 is 10.5. The predicted octanol–water partition coefficient (Wildman–Crippen LogP) is 2.33. The van der Waals surface area contributed by atoms with Gasteiger partial charge in [0.2, 0.25) is 5.91 Å². The van der Waals surface area contributed by atoms with Crippen molar-refractivity contribution in [2.45, 2.75) is 19.4 Å². The second kappa shape index (κ2) is 7.94. The molecular weight excluding hydrogens is 348 g/mol. The van der Waals surface area contributed by atoms with Crippen molar-refractivity contribution in [1.29, 1.82) is 0 Å². The van der Waals surface area contributed by atoms with Crippen molar-refractivity contribution in [3.63, 3.8) is 0 Å². The fourth-order valence-electron chi connectivity index (χ4n) is 3.00. The standard InChI is InChI=1S/C19H22N4O4/c1-12-5-4-6-17(20-12)22-19(25)21-13-9-18(24)23(11-13)14-7-8-15(26-2)16(10-14)27-3/h4-8,10,13H,9,11H2,1-3H3,(H2,20,21,22,25). The van der Waals surface area contributed by atoms with Gasteiger partial charge in [0.15, 0.2) is 11.5 Å². The zero-order chi connectivity index (χ0) is 19.4. The maximum Gasteiger partial charge on any atom is 0.320 e. The molecule has 142 valence electrons. The molecule has 1 saturated heterocycles. The maximum absolute atomic E-state index is 12.4. The van der Waals surface area contributed by atoms with E-state index in [1.54, 1.807) is 43.4 Å². The Morgan fingerprint density at radius 2 is 1.96 bits per heavy atom. The second-order valence-corrected chi connectivity index (χ2v) is 6.21. The van der Waals surface area contributed by atoms with Crippen LogP contribution in [0.25, 0.3) is 0 Å². The Balaban J connectivity index is 1.64. The van der Waals surface area contributed by atoms with Crippen LogP contribution in [0, 0.1) is 6.92 Å². The molecule has 8 heteroatoms. The van der Waals surface area contributed by atoms with Crippen molar-refractivity contribution in [3.8, 4) is 11.5 Å². The average molecular weight is 370 g/mol. The van der Waals surface area contributed by atoms with Gasteiger partial charge in [-0.25, -0.2) is 9.78 Å². The number of anilines is 2. The van der Waals surface area contributed by atoms with Gasteiger partial charge in [-0.3, -0.25) is 10.1 Å². The molecule has 0 aliphatic carbocycles. The fraction of sp³-hybridized carbons (Fsp3) is 0.316. The molecule has 0 saturated carbocycles. The van der Waals surface area contributed by atoms with Gasteiger partial charge in [-0.2, -0.15) is 0 Å². The highest BCUT2D eigenvalue weighted by atomic mass is 16.5. The van der Waals surface area contributed by atoms with E-state index in [4.69, 9.17) is 9.47 Å². The molecule has 27 heavy (non-hydrogen) atoms. The first-order chi connectivity index (χ1) is 13.0. The number of nitrogens with one attached hydrogen (secondary N) is 2. The molecule has 0 bridgehead atoms. The molecule has 3 amide bonds. The maximum atomic E-state index is 12.4. The van der Waals surface area contributed by atoms with Gasteiger partial charge in [0, 0.05) is 30.4 Å². The fourth-order valence-corrected chi connectivity index (χ4v) is 3.00. The Labute approximate surface area is 157 Å². The van der Waals surface area contributed by atoms with E-state index in [9.17, 15) is 9.59 Å². The van der Waals surface area contributed by atoms with Crippen LogP contribution >= 0.6 is 0 Å². The first-order valence-electron chi connectivity index (χ1n) is 8.53. The van der Waals surface area contributed by atoms with Gasteiger partial charge in [0.1, 0.15) is 5.82 Å². The van der Waals surface area contributed by atoms with E-state index in [1.165, 1.54) is 0 Å². The molecule has 0 radical (unpaired) electrons. The molecule has 2 N–H and O–H groups in total. The quantitative estimate of drug-likeness (QED) is 0.843. The zero-order valence-electron chi connectivity index (χ0n) is 15.5. The lowest BCUT2D eigenvalue weighted by molar-refractivity contribution is -0.117. The third-order valence-corrected chi connectivity index (χ3v) is 4.27. The minimum absolute atomic E-state index is 0.0683. The minimum Gasteiger partial charge on any atom is -0.493 e. The summed E-state index contributed by atoms with van der Waals surface area (Å²) in [5.74, 6) is 1.53. The number of rotatable bonds is 5. The van der Waals surface area contributed by atoms with Crippen LogP contribution in [0.3, 0.4) is 0 Å². The molecule has 1 aliphatic rings. The number of carbonyl (C=O) groups excluding carboxylic acids is 2. The molecule has 1 aromatic heterocycles. The highest BCUT2D eigenvalue weighted by Gasteiger charge is 2.32. The number of hydrogen-bond donors (Lipinski definition) is 2. The van der Waals surface area contributed by atoms with Crippen LogP contribution < -0.4 is 25.0 Å². The lowest BCUT2D eigenvalue weighted by Gasteiger charge is -2.19. The molecule has 1 unspecified atom stereocenters. The number of carbonyl (C=O) groups is 2. The van der Waals surface area contributed by atoms with Crippen LogP contribution in [0.1, 0.15) is 12.1 Å². The molecule has 0 spiro atoms. The van der Waals surface area contributed by atoms with Crippen LogP contribution in [-0.4, -0.2) is 43.7 Å². The molecule has 3 rings (SSSR count). The Hall–Kier alpha value is -3.29. The number of amides is 3. The highest BCUT2D eigenvalue weighted by molar-refractivity contribution is 5.97. The third kappa shape index (κ3) is 4.28. The van der Waals surface area contributed by atoms with Crippen LogP contribution in [0.4, 0.5) is 16.3 Å². The first-order valence-corrected chi connectivity index (χ1v) is 8.53. The van der Waals surface area contributed by atoms with Gasteiger partial charge in [0.05, 0.1) is 20.3 Å². The summed E-state index contributed by atoms with van der Waals surface area (Å²) in [6, 6.07) is 9.97. The lowest BCUT2D eigenvalue weighted by Crippen LogP contribution is -2.39. The van der Waals surface area contributed by atoms with E-state index in [0.29, 0.717) is 29.5 Å². The minimum atomic E-state index is -0.389. The zero-order valence-corrected chi connectivity index (χ0v) is 15.5. The van der Waals surface area contributed by atoms with E-state index in [-0.39, 0.29) is 24.4 Å². The summed E-state index contributed by atoms with van der Waals surface area (Å²) in [6.07, 6.45) is 0.225. The van der Waals surface area contributed by atoms with Gasteiger partial charge in [-0.15, -0.1) is 0 Å². The Bertz CT molecular complexity index is 855. The molecule has 2 heterocycles. The van der Waals surface area contributed by atoms with Gasteiger partial charge in [-0.1, -0.05) is 6.07 Å². The number of nitrogens with zero attached hydrogens (tertiary/aromatic N) is 2. The average Bonchev–Trinajstić information content (AvgIpc) is 3.01. The largest absolute Gasteiger partial charge is 0.493 e. The van der Waals surface area contributed by atoms with Crippen molar-refractivity contribution in [2.75, 3.05) is 31.0 Å². The molecule has 1 aliphatic heterocycles. The number of ether oxygens (including phenoxy) is 2. The normalized spacial score (nSPS) is 16.2. The van der Waals surface area contributed by atoms with Gasteiger partial charge in [0.25, 0.3) is 0 Å². The molecule has 8 nitrogen and oxygen atoms in total. The highest BCUT2D eigenvalue weighted by Crippen LogP contribution is 2.33. The topological polar surface area (TPSA) is 92.8 Å². The van der Waals surface area contributed by atoms with Crippen molar-refractivity contribution in [1.82, 2.24) is 10.3 Å². The number of benzene rings is 1. The van der Waals surface area contributed by atoms with E-state index < -0.39 is 0 Å². The summed E-state index contributed by atoms with van der Waals surface area (Å²) >= 11 is 0. The smallest absolute Gasteiger partial charge is 0.320 e. The second-order valence-electron chi connectivity index (χ2n) is 6.21. The van der Waals surface area contributed by atoms with Gasteiger partial charge in [-0.05, 0) is 31.2 Å². The van der Waals surface area contributed by atoms with Crippen molar-refractivity contribution >= 4 is 23.4 Å². The van der Waals surface area contributed by atoms with Crippen molar-refractivity contribution < 1.29 is 19.1 Å². The van der Waals surface area contributed by atoms with E-state index in [2.05, 4.69) is 15.6 Å². The SMILES string of the molecule is COc1ccc(N2CC(NC(=O)Nc3cccc(C)n3)CC2=O)cc1OC. The van der Waals surface area contributed by atoms with E-state index in [1.807, 2.05) is 19.1 Å². The predicted molar refractivity (Wildman–Crippen MR) is 101 cm³/mol. The molecular formula is C19H22N4O4. The van der Waals surface area contributed by atoms with Gasteiger partial charge >= 0.3 is 6.03 Å². The molecule has 1 fully saturated rings. The number of aromatic nitrogens is 1. The summed E-state index contributed by atoms with van der Waals surface area (Å²) in [7, 11) is 3.10. The molecule has 1 atom stereocenters. The van der Waals surface area contributed by atoms with E-state index in [0.717, 1.165) is 5.69 Å². The van der Waals surface area contributed by atoms with Crippen LogP contribution in [0.2, 0.25) is 0 Å². The molecule has 1 aromatic carbocycles. The summed E-state index contributed by atoms with van der Waals surface area (Å²) in [5.41, 5.74) is 1.51. The third-order valence-electron chi connectivity index (χ3n) is 4.27. The monoisotopic (exact) mass is 370 g/mol. The Kier molecular flexibility index (Phi) is 5.44. The number of pyridine rings is 1. The van der Waals surface area contributed by atoms with Crippen LogP contribution in [-0.2, 0) is 4.79 Å². The van der Waals surface area contributed by atoms with Crippen molar-refractivity contribution in [3.05, 3.63) is 42.1 Å². The Morgan fingerprint density at radius 1 is 1.19 bits per heavy atom. The number of hydrogen-bond acceptors (Lipinski definition) is 5. The first kappa shape index (κ1) is 18.5. The van der Waals surface area contributed by atoms with Gasteiger partial charge < -0.3 is 19.7 Å². The van der Waals surface area contributed by atoms with Crippen LogP contribution in [0.5, 0.6) is 11.5 Å². The number of aryl methyl sites for hydroxylation is 1. The molecule has 2 aromatic rings. The number of methoxy groups -OCH3 is 2.